The summed E-state index contributed by atoms with van der Waals surface area (Å²) in [5, 5.41) is 30.1. The Labute approximate surface area is 149 Å². The van der Waals surface area contributed by atoms with Crippen LogP contribution < -0.4 is 14.2 Å². The van der Waals surface area contributed by atoms with Gasteiger partial charge in [0.1, 0.15) is 11.3 Å². The van der Waals surface area contributed by atoms with Crippen LogP contribution in [0.4, 0.5) is 0 Å². The second-order valence-electron chi connectivity index (χ2n) is 5.64. The Balaban J connectivity index is 2.11. The van der Waals surface area contributed by atoms with Crippen LogP contribution in [0, 0.1) is 0 Å². The smallest absolute Gasteiger partial charge is 0.203 e. The molecule has 26 heavy (non-hydrogen) atoms. The van der Waals surface area contributed by atoms with Gasteiger partial charge in [-0.05, 0) is 17.7 Å². The van der Waals surface area contributed by atoms with Gasteiger partial charge in [-0.25, -0.2) is 0 Å². The van der Waals surface area contributed by atoms with Gasteiger partial charge in [0.05, 0.1) is 14.2 Å². The van der Waals surface area contributed by atoms with Crippen molar-refractivity contribution in [3.05, 3.63) is 35.4 Å². The second-order valence-corrected chi connectivity index (χ2v) is 5.64. The van der Waals surface area contributed by atoms with E-state index < -0.39 is 29.5 Å². The number of methoxy groups -OCH3 is 3. The minimum atomic E-state index is -1.09. The van der Waals surface area contributed by atoms with E-state index in [0.29, 0.717) is 5.56 Å². The van der Waals surface area contributed by atoms with Crippen LogP contribution in [0.25, 0.3) is 0 Å². The molecule has 2 aromatic rings. The molecule has 0 fully saturated rings. The van der Waals surface area contributed by atoms with Gasteiger partial charge in [-0.3, -0.25) is 4.79 Å². The number of phenols is 3. The van der Waals surface area contributed by atoms with Crippen molar-refractivity contribution in [2.75, 3.05) is 21.3 Å². The molecule has 3 rings (SSSR count). The Morgan fingerprint density at radius 2 is 1.65 bits per heavy atom. The van der Waals surface area contributed by atoms with Crippen LogP contribution in [-0.4, -0.2) is 48.5 Å². The summed E-state index contributed by atoms with van der Waals surface area (Å²) in [6, 6.07) is 5.89. The Morgan fingerprint density at radius 1 is 0.962 bits per heavy atom. The molecule has 1 aliphatic heterocycles. The lowest BCUT2D eigenvalue weighted by atomic mass is 9.92. The molecular formula is C18H18O8. The third-order valence-electron chi connectivity index (χ3n) is 4.24. The fraction of sp³-hybridized carbons (Fsp3) is 0.278. The molecule has 1 heterocycles. The zero-order chi connectivity index (χ0) is 19.0. The molecule has 0 aliphatic carbocycles. The maximum absolute atomic E-state index is 12.8. The number of carbonyl (C=O) groups is 1. The molecular weight excluding hydrogens is 344 g/mol. The van der Waals surface area contributed by atoms with E-state index in [2.05, 4.69) is 0 Å². The molecule has 3 N–H and O–H groups in total. The number of rotatable bonds is 4. The lowest BCUT2D eigenvalue weighted by molar-refractivity contribution is -0.00127. The molecule has 0 saturated heterocycles. The molecule has 8 nitrogen and oxygen atoms in total. The molecule has 2 aromatic carbocycles. The molecule has 2 unspecified atom stereocenters. The summed E-state index contributed by atoms with van der Waals surface area (Å²) in [6.07, 6.45) is -1.97. The number of fused-ring (bicyclic) bond motifs is 1. The van der Waals surface area contributed by atoms with Crippen LogP contribution in [0.3, 0.4) is 0 Å². The minimum Gasteiger partial charge on any atom is -0.504 e. The number of Topliss-reactive ketones (excluding diaryl/α,β-unsaturated/α-hetero) is 1. The number of ketones is 1. The number of carbonyl (C=O) groups excluding carboxylic acids is 1. The zero-order valence-corrected chi connectivity index (χ0v) is 14.3. The average molecular weight is 362 g/mol. The summed E-state index contributed by atoms with van der Waals surface area (Å²) >= 11 is 0. The summed E-state index contributed by atoms with van der Waals surface area (Å²) in [4.78, 5) is 12.8. The Hall–Kier alpha value is -3.13. The van der Waals surface area contributed by atoms with Crippen molar-refractivity contribution in [1.82, 2.24) is 0 Å². The monoisotopic (exact) mass is 362 g/mol. The quantitative estimate of drug-likeness (QED) is 0.709. The molecule has 1 aliphatic rings. The van der Waals surface area contributed by atoms with Crippen LogP contribution in [-0.2, 0) is 4.74 Å². The van der Waals surface area contributed by atoms with Crippen molar-refractivity contribution in [2.45, 2.75) is 12.2 Å². The lowest BCUT2D eigenvalue weighted by Crippen LogP contribution is -2.37. The van der Waals surface area contributed by atoms with Crippen molar-refractivity contribution < 1.29 is 39.1 Å². The number of hydrogen-bond donors (Lipinski definition) is 3. The summed E-state index contributed by atoms with van der Waals surface area (Å²) < 4.78 is 21.1. The fourth-order valence-electron chi connectivity index (χ4n) is 2.93. The van der Waals surface area contributed by atoms with E-state index in [4.69, 9.17) is 18.9 Å². The van der Waals surface area contributed by atoms with E-state index in [1.807, 2.05) is 0 Å². The molecule has 0 radical (unpaired) electrons. The van der Waals surface area contributed by atoms with Gasteiger partial charge in [0, 0.05) is 13.2 Å². The Kier molecular flexibility index (Phi) is 4.52. The highest BCUT2D eigenvalue weighted by Gasteiger charge is 2.42. The van der Waals surface area contributed by atoms with Crippen molar-refractivity contribution in [3.63, 3.8) is 0 Å². The highest BCUT2D eigenvalue weighted by atomic mass is 16.5. The van der Waals surface area contributed by atoms with Crippen molar-refractivity contribution >= 4 is 5.78 Å². The largest absolute Gasteiger partial charge is 0.504 e. The maximum atomic E-state index is 12.8. The Morgan fingerprint density at radius 3 is 2.23 bits per heavy atom. The fourth-order valence-corrected chi connectivity index (χ4v) is 2.93. The van der Waals surface area contributed by atoms with Gasteiger partial charge in [-0.1, -0.05) is 6.07 Å². The summed E-state index contributed by atoms with van der Waals surface area (Å²) in [5.41, 5.74) is 0.282. The molecule has 0 bridgehead atoms. The van der Waals surface area contributed by atoms with Gasteiger partial charge >= 0.3 is 0 Å². The van der Waals surface area contributed by atoms with E-state index >= 15 is 0 Å². The highest BCUT2D eigenvalue weighted by Crippen LogP contribution is 2.49. The predicted octanol–water partition coefficient (Wildman–Crippen LogP) is 2.15. The molecule has 138 valence electrons. The van der Waals surface area contributed by atoms with E-state index in [-0.39, 0.29) is 28.6 Å². The van der Waals surface area contributed by atoms with E-state index in [1.54, 1.807) is 6.07 Å². The highest BCUT2D eigenvalue weighted by molar-refractivity contribution is 6.06. The standard InChI is InChI=1S/C18H18O8/c1-23-10-5-4-8(6-9(10)19)17-18(25-3)16(22)13-11(26-17)7-12(24-2)14(20)15(13)21/h4-7,17-21H,1-3H3. The topological polar surface area (TPSA) is 115 Å². The van der Waals surface area contributed by atoms with Gasteiger partial charge in [-0.2, -0.15) is 0 Å². The third kappa shape index (κ3) is 2.64. The third-order valence-corrected chi connectivity index (χ3v) is 4.24. The lowest BCUT2D eigenvalue weighted by Gasteiger charge is -2.32. The number of aromatic hydroxyl groups is 3. The summed E-state index contributed by atoms with van der Waals surface area (Å²) in [5.74, 6) is -1.61. The zero-order valence-electron chi connectivity index (χ0n) is 14.3. The van der Waals surface area contributed by atoms with Crippen LogP contribution in [0.5, 0.6) is 34.5 Å². The van der Waals surface area contributed by atoms with Gasteiger partial charge in [0.2, 0.25) is 11.5 Å². The van der Waals surface area contributed by atoms with Crippen LogP contribution in [0.15, 0.2) is 24.3 Å². The van der Waals surface area contributed by atoms with Crippen LogP contribution in [0.2, 0.25) is 0 Å². The van der Waals surface area contributed by atoms with Gasteiger partial charge in [0.15, 0.2) is 35.2 Å². The van der Waals surface area contributed by atoms with Gasteiger partial charge in [0.25, 0.3) is 0 Å². The first-order chi connectivity index (χ1) is 12.4. The Bertz CT molecular complexity index is 861. The average Bonchev–Trinajstić information content (AvgIpc) is 2.64. The first kappa shape index (κ1) is 17.7. The van der Waals surface area contributed by atoms with Crippen LogP contribution in [0.1, 0.15) is 22.0 Å². The number of ether oxygens (including phenoxy) is 4. The van der Waals surface area contributed by atoms with Gasteiger partial charge < -0.3 is 34.3 Å². The number of phenolic OH excluding ortho intramolecular Hbond substituents is 3. The minimum absolute atomic E-state index is 0.0377. The van der Waals surface area contributed by atoms with Gasteiger partial charge in [-0.15, -0.1) is 0 Å². The molecule has 0 spiro atoms. The SMILES string of the molecule is COc1ccc(C2Oc3cc(OC)c(O)c(O)c3C(=O)C2OC)cc1O. The van der Waals surface area contributed by atoms with E-state index in [9.17, 15) is 20.1 Å². The van der Waals surface area contributed by atoms with Crippen molar-refractivity contribution in [2.24, 2.45) is 0 Å². The summed E-state index contributed by atoms with van der Waals surface area (Å²) in [6.45, 7) is 0. The van der Waals surface area contributed by atoms with E-state index in [1.165, 1.54) is 39.5 Å². The predicted molar refractivity (Wildman–Crippen MR) is 89.5 cm³/mol. The normalized spacial score (nSPS) is 18.8. The number of benzene rings is 2. The molecule has 0 aromatic heterocycles. The molecule has 8 heteroatoms. The first-order valence-electron chi connectivity index (χ1n) is 7.66. The molecule has 2 atom stereocenters. The van der Waals surface area contributed by atoms with E-state index in [0.717, 1.165) is 0 Å². The maximum Gasteiger partial charge on any atom is 0.203 e. The number of hydrogen-bond acceptors (Lipinski definition) is 8. The first-order valence-corrected chi connectivity index (χ1v) is 7.66. The summed E-state index contributed by atoms with van der Waals surface area (Å²) in [7, 11) is 4.06. The van der Waals surface area contributed by atoms with Crippen LogP contribution >= 0.6 is 0 Å². The van der Waals surface area contributed by atoms with Crippen molar-refractivity contribution in [1.29, 1.82) is 0 Å². The van der Waals surface area contributed by atoms with Crippen molar-refractivity contribution in [3.8, 4) is 34.5 Å². The second kappa shape index (κ2) is 6.64. The molecule has 0 amide bonds. The molecule has 0 saturated carbocycles.